The summed E-state index contributed by atoms with van der Waals surface area (Å²) in [6.45, 7) is 0. The van der Waals surface area contributed by atoms with Gasteiger partial charge in [0.1, 0.15) is 0 Å². The predicted octanol–water partition coefficient (Wildman–Crippen LogP) is 5.46. The highest BCUT2D eigenvalue weighted by molar-refractivity contribution is 6.49. The van der Waals surface area contributed by atoms with Crippen molar-refractivity contribution in [2.75, 3.05) is 7.11 Å². The Hall–Kier alpha value is -0.960. The van der Waals surface area contributed by atoms with Crippen LogP contribution in [0.15, 0.2) is 30.3 Å². The molecule has 5 heteroatoms. The van der Waals surface area contributed by atoms with Crippen LogP contribution in [0.3, 0.4) is 0 Å². The fourth-order valence-corrected chi connectivity index (χ4v) is 2.25. The molecule has 0 saturated carbocycles. The zero-order chi connectivity index (χ0) is 13.3. The second-order valence-electron chi connectivity index (χ2n) is 3.54. The van der Waals surface area contributed by atoms with E-state index in [1.807, 2.05) is 0 Å². The summed E-state index contributed by atoms with van der Waals surface area (Å²) in [7, 11) is 1.40. The van der Waals surface area contributed by atoms with Crippen molar-refractivity contribution < 1.29 is 9.13 Å². The number of hydrogen-bond acceptors (Lipinski definition) is 1. The minimum atomic E-state index is -0.486. The van der Waals surface area contributed by atoms with E-state index in [9.17, 15) is 4.39 Å². The van der Waals surface area contributed by atoms with E-state index in [0.717, 1.165) is 0 Å². The summed E-state index contributed by atoms with van der Waals surface area (Å²) in [5.41, 5.74) is 0.792. The maximum absolute atomic E-state index is 14.1. The molecule has 0 radical (unpaired) electrons. The van der Waals surface area contributed by atoms with Gasteiger partial charge in [0.15, 0.2) is 11.6 Å². The van der Waals surface area contributed by atoms with Crippen molar-refractivity contribution in [3.63, 3.8) is 0 Å². The third kappa shape index (κ3) is 2.28. The van der Waals surface area contributed by atoms with Crippen molar-refractivity contribution >= 4 is 34.8 Å². The molecule has 2 rings (SSSR count). The molecule has 0 saturated heterocycles. The molecular formula is C13H8Cl3FO. The van der Waals surface area contributed by atoms with Crippen molar-refractivity contribution in [3.05, 3.63) is 51.2 Å². The van der Waals surface area contributed by atoms with Crippen LogP contribution in [-0.4, -0.2) is 7.11 Å². The molecule has 0 amide bonds. The predicted molar refractivity (Wildman–Crippen MR) is 73.4 cm³/mol. The number of rotatable bonds is 2. The maximum atomic E-state index is 14.1. The van der Waals surface area contributed by atoms with Gasteiger partial charge in [-0.3, -0.25) is 0 Å². The third-order valence-electron chi connectivity index (χ3n) is 2.51. The van der Waals surface area contributed by atoms with E-state index in [-0.39, 0.29) is 15.8 Å². The van der Waals surface area contributed by atoms with Gasteiger partial charge in [0, 0.05) is 11.1 Å². The molecular weight excluding hydrogens is 297 g/mol. The van der Waals surface area contributed by atoms with Gasteiger partial charge in [0.2, 0.25) is 0 Å². The van der Waals surface area contributed by atoms with Crippen molar-refractivity contribution in [1.82, 2.24) is 0 Å². The van der Waals surface area contributed by atoms with E-state index in [2.05, 4.69) is 0 Å². The molecule has 0 aliphatic carbocycles. The first-order chi connectivity index (χ1) is 8.56. The average molecular weight is 306 g/mol. The van der Waals surface area contributed by atoms with Crippen LogP contribution in [0, 0.1) is 5.82 Å². The molecule has 2 aromatic rings. The van der Waals surface area contributed by atoms with Gasteiger partial charge in [-0.1, -0.05) is 53.0 Å². The number of ether oxygens (including phenoxy) is 1. The lowest BCUT2D eigenvalue weighted by Crippen LogP contribution is -1.92. The Labute approximate surface area is 119 Å². The normalized spacial score (nSPS) is 10.5. The van der Waals surface area contributed by atoms with Gasteiger partial charge >= 0.3 is 0 Å². The molecule has 0 N–H and O–H groups in total. The Balaban J connectivity index is 2.66. The van der Waals surface area contributed by atoms with Crippen LogP contribution in [0.4, 0.5) is 4.39 Å². The van der Waals surface area contributed by atoms with Crippen molar-refractivity contribution in [3.8, 4) is 16.9 Å². The molecule has 0 unspecified atom stereocenters. The summed E-state index contributed by atoms with van der Waals surface area (Å²) < 4.78 is 19.0. The van der Waals surface area contributed by atoms with Crippen molar-refractivity contribution in [2.24, 2.45) is 0 Å². The molecule has 0 atom stereocenters. The SMILES string of the molecule is COc1cccc(-c2ccc(Cl)c(Cl)c2Cl)c1F. The first-order valence-corrected chi connectivity index (χ1v) is 6.16. The molecule has 94 valence electrons. The van der Waals surface area contributed by atoms with Crippen LogP contribution < -0.4 is 4.74 Å². The van der Waals surface area contributed by atoms with Crippen LogP contribution in [-0.2, 0) is 0 Å². The van der Waals surface area contributed by atoms with E-state index in [1.54, 1.807) is 24.3 Å². The highest BCUT2D eigenvalue weighted by Crippen LogP contribution is 2.40. The molecule has 0 bridgehead atoms. The zero-order valence-electron chi connectivity index (χ0n) is 9.31. The Morgan fingerprint density at radius 3 is 2.33 bits per heavy atom. The number of halogens is 4. The summed E-state index contributed by atoms with van der Waals surface area (Å²) in [4.78, 5) is 0. The summed E-state index contributed by atoms with van der Waals surface area (Å²) in [6.07, 6.45) is 0. The van der Waals surface area contributed by atoms with Crippen LogP contribution in [0.2, 0.25) is 15.1 Å². The van der Waals surface area contributed by atoms with E-state index < -0.39 is 5.82 Å². The molecule has 0 spiro atoms. The van der Waals surface area contributed by atoms with E-state index in [0.29, 0.717) is 16.1 Å². The van der Waals surface area contributed by atoms with Crippen LogP contribution in [0.5, 0.6) is 5.75 Å². The molecule has 0 aliphatic heterocycles. The Morgan fingerprint density at radius 1 is 0.944 bits per heavy atom. The third-order valence-corrected chi connectivity index (χ3v) is 3.80. The largest absolute Gasteiger partial charge is 0.494 e. The minimum Gasteiger partial charge on any atom is -0.494 e. The van der Waals surface area contributed by atoms with E-state index in [4.69, 9.17) is 39.5 Å². The first-order valence-electron chi connectivity index (χ1n) is 5.02. The van der Waals surface area contributed by atoms with Crippen molar-refractivity contribution in [1.29, 1.82) is 0 Å². The topological polar surface area (TPSA) is 9.23 Å². The summed E-state index contributed by atoms with van der Waals surface area (Å²) in [5, 5.41) is 0.753. The Morgan fingerprint density at radius 2 is 1.67 bits per heavy atom. The second-order valence-corrected chi connectivity index (χ2v) is 4.71. The van der Waals surface area contributed by atoms with Crippen LogP contribution in [0.25, 0.3) is 11.1 Å². The molecule has 1 nitrogen and oxygen atoms in total. The standard InChI is InChI=1S/C13H8Cl3FO/c1-18-10-4-2-3-8(13(10)17)7-5-6-9(14)12(16)11(7)15/h2-6H,1H3. The van der Waals surface area contributed by atoms with Crippen molar-refractivity contribution in [2.45, 2.75) is 0 Å². The number of hydrogen-bond donors (Lipinski definition) is 0. The van der Waals surface area contributed by atoms with Crippen LogP contribution in [0.1, 0.15) is 0 Å². The fourth-order valence-electron chi connectivity index (χ4n) is 1.61. The Kier molecular flexibility index (Phi) is 4.00. The molecule has 0 aromatic heterocycles. The molecule has 18 heavy (non-hydrogen) atoms. The van der Waals surface area contributed by atoms with Gasteiger partial charge in [0.25, 0.3) is 0 Å². The van der Waals surface area contributed by atoms with E-state index in [1.165, 1.54) is 13.2 Å². The first kappa shape index (κ1) is 13.5. The van der Waals surface area contributed by atoms with Gasteiger partial charge in [-0.05, 0) is 12.1 Å². The second kappa shape index (κ2) is 5.35. The monoisotopic (exact) mass is 304 g/mol. The minimum absolute atomic E-state index is 0.148. The smallest absolute Gasteiger partial charge is 0.172 e. The van der Waals surface area contributed by atoms with E-state index >= 15 is 0 Å². The maximum Gasteiger partial charge on any atom is 0.172 e. The lowest BCUT2D eigenvalue weighted by atomic mass is 10.0. The summed E-state index contributed by atoms with van der Waals surface area (Å²) in [6, 6.07) is 8.00. The highest BCUT2D eigenvalue weighted by atomic mass is 35.5. The quantitative estimate of drug-likeness (QED) is 0.669. The Bertz CT molecular complexity index is 599. The van der Waals surface area contributed by atoms with Crippen LogP contribution >= 0.6 is 34.8 Å². The van der Waals surface area contributed by atoms with Gasteiger partial charge in [-0.15, -0.1) is 0 Å². The number of benzene rings is 2. The highest BCUT2D eigenvalue weighted by Gasteiger charge is 2.15. The zero-order valence-corrected chi connectivity index (χ0v) is 11.6. The molecule has 0 heterocycles. The van der Waals surface area contributed by atoms with Gasteiger partial charge in [-0.2, -0.15) is 0 Å². The summed E-state index contributed by atoms with van der Waals surface area (Å²) in [5.74, 6) is -0.338. The molecule has 0 fully saturated rings. The average Bonchev–Trinajstić information content (AvgIpc) is 2.37. The summed E-state index contributed by atoms with van der Waals surface area (Å²) >= 11 is 17.9. The van der Waals surface area contributed by atoms with Gasteiger partial charge in [-0.25, -0.2) is 4.39 Å². The lowest BCUT2D eigenvalue weighted by Gasteiger charge is -2.10. The number of methoxy groups -OCH3 is 1. The molecule has 2 aromatic carbocycles. The molecule has 0 aliphatic rings. The van der Waals surface area contributed by atoms with Gasteiger partial charge < -0.3 is 4.74 Å². The van der Waals surface area contributed by atoms with Gasteiger partial charge in [0.05, 0.1) is 22.2 Å². The fraction of sp³-hybridized carbons (Fsp3) is 0.0769. The lowest BCUT2D eigenvalue weighted by molar-refractivity contribution is 0.387.